The molecule has 1 heterocycles. The Bertz CT molecular complexity index is 355. The van der Waals surface area contributed by atoms with Crippen molar-refractivity contribution in [2.24, 2.45) is 11.7 Å². The zero-order chi connectivity index (χ0) is 12.9. The number of rotatable bonds is 6. The van der Waals surface area contributed by atoms with Gasteiger partial charge < -0.3 is 15.8 Å². The zero-order valence-electron chi connectivity index (χ0n) is 10.0. The summed E-state index contributed by atoms with van der Waals surface area (Å²) < 4.78 is 27.3. The van der Waals surface area contributed by atoms with E-state index < -0.39 is 15.8 Å². The van der Waals surface area contributed by atoms with E-state index in [1.54, 1.807) is 7.11 Å². The number of amides is 1. The topological polar surface area (TPSA) is 98.5 Å². The fourth-order valence-corrected chi connectivity index (χ4v) is 3.57. The van der Waals surface area contributed by atoms with Gasteiger partial charge in [0.1, 0.15) is 0 Å². The Morgan fingerprint density at radius 1 is 1.59 bits per heavy atom. The molecule has 0 aliphatic carbocycles. The fourth-order valence-electron chi connectivity index (χ4n) is 1.82. The lowest BCUT2D eigenvalue weighted by Gasteiger charge is -2.12. The lowest BCUT2D eigenvalue weighted by molar-refractivity contribution is -0.124. The van der Waals surface area contributed by atoms with Gasteiger partial charge in [-0.3, -0.25) is 4.79 Å². The third-order valence-corrected chi connectivity index (χ3v) is 4.57. The van der Waals surface area contributed by atoms with Crippen LogP contribution in [-0.2, 0) is 19.4 Å². The highest BCUT2D eigenvalue weighted by Crippen LogP contribution is 2.18. The number of methoxy groups -OCH3 is 1. The molecule has 0 aromatic heterocycles. The number of carbonyl (C=O) groups is 1. The second kappa shape index (κ2) is 6.32. The van der Waals surface area contributed by atoms with Crippen molar-refractivity contribution in [2.45, 2.75) is 18.9 Å². The largest absolute Gasteiger partial charge is 0.383 e. The van der Waals surface area contributed by atoms with Gasteiger partial charge in [0.15, 0.2) is 9.84 Å². The average molecular weight is 264 g/mol. The molecule has 2 atom stereocenters. The molecule has 2 unspecified atom stereocenters. The van der Waals surface area contributed by atoms with Gasteiger partial charge in [0.05, 0.1) is 24.0 Å². The molecule has 1 rings (SSSR count). The second-order valence-corrected chi connectivity index (χ2v) is 6.62. The Kier molecular flexibility index (Phi) is 5.35. The summed E-state index contributed by atoms with van der Waals surface area (Å²) in [7, 11) is -1.42. The van der Waals surface area contributed by atoms with Gasteiger partial charge in [-0.15, -0.1) is 0 Å². The maximum atomic E-state index is 11.6. The van der Waals surface area contributed by atoms with E-state index in [1.165, 1.54) is 0 Å². The van der Waals surface area contributed by atoms with Crippen molar-refractivity contribution in [3.8, 4) is 0 Å². The first-order valence-electron chi connectivity index (χ1n) is 5.67. The van der Waals surface area contributed by atoms with Crippen molar-refractivity contribution in [1.29, 1.82) is 0 Å². The van der Waals surface area contributed by atoms with Gasteiger partial charge in [-0.1, -0.05) is 0 Å². The summed E-state index contributed by atoms with van der Waals surface area (Å²) >= 11 is 0. The molecular weight excluding hydrogens is 244 g/mol. The zero-order valence-corrected chi connectivity index (χ0v) is 10.8. The fraction of sp³-hybridized carbons (Fsp3) is 0.900. The first-order chi connectivity index (χ1) is 7.94. The quantitative estimate of drug-likeness (QED) is 0.634. The highest BCUT2D eigenvalue weighted by Gasteiger charge is 2.32. The summed E-state index contributed by atoms with van der Waals surface area (Å²) in [6, 6.07) is -0.104. The normalized spacial score (nSPS) is 24.5. The smallest absolute Gasteiger partial charge is 0.224 e. The Balaban J connectivity index is 2.22. The van der Waals surface area contributed by atoms with Crippen molar-refractivity contribution in [3.63, 3.8) is 0 Å². The van der Waals surface area contributed by atoms with Crippen molar-refractivity contribution >= 4 is 15.7 Å². The van der Waals surface area contributed by atoms with Crippen LogP contribution in [0.3, 0.4) is 0 Å². The van der Waals surface area contributed by atoms with Gasteiger partial charge in [0.2, 0.25) is 5.91 Å². The van der Waals surface area contributed by atoms with Crippen LogP contribution in [0.5, 0.6) is 0 Å². The van der Waals surface area contributed by atoms with Crippen molar-refractivity contribution in [3.05, 3.63) is 0 Å². The van der Waals surface area contributed by atoms with E-state index in [1.807, 2.05) is 0 Å². The molecular formula is C10H20N2O4S. The second-order valence-electron chi connectivity index (χ2n) is 4.40. The molecule has 1 aliphatic rings. The molecule has 0 aromatic rings. The number of nitrogens with one attached hydrogen (secondary N) is 1. The summed E-state index contributed by atoms with van der Waals surface area (Å²) in [5, 5.41) is 2.71. The molecule has 3 N–H and O–H groups in total. The number of nitrogens with two attached hydrogens (primary N) is 1. The molecule has 0 radical (unpaired) electrons. The van der Waals surface area contributed by atoms with Crippen LogP contribution in [0.15, 0.2) is 0 Å². The molecule has 0 bridgehead atoms. The van der Waals surface area contributed by atoms with Crippen LogP contribution in [0, 0.1) is 5.92 Å². The van der Waals surface area contributed by atoms with E-state index in [4.69, 9.17) is 10.5 Å². The molecule has 0 saturated carbocycles. The van der Waals surface area contributed by atoms with Crippen LogP contribution in [0.2, 0.25) is 0 Å². The van der Waals surface area contributed by atoms with Crippen molar-refractivity contribution in [1.82, 2.24) is 5.32 Å². The van der Waals surface area contributed by atoms with Gasteiger partial charge >= 0.3 is 0 Å². The highest BCUT2D eigenvalue weighted by atomic mass is 32.2. The summed E-state index contributed by atoms with van der Waals surface area (Å²) in [6.45, 7) is 0.910. The van der Waals surface area contributed by atoms with Gasteiger partial charge in [0, 0.05) is 19.7 Å². The van der Waals surface area contributed by atoms with Gasteiger partial charge in [-0.05, 0) is 12.8 Å². The predicted molar refractivity (Wildman–Crippen MR) is 64.2 cm³/mol. The maximum absolute atomic E-state index is 11.6. The minimum absolute atomic E-state index is 0.0248. The Labute approximate surface area is 102 Å². The van der Waals surface area contributed by atoms with E-state index >= 15 is 0 Å². The van der Waals surface area contributed by atoms with Crippen molar-refractivity contribution < 1.29 is 17.9 Å². The number of carbonyl (C=O) groups excluding carboxylic acids is 1. The van der Waals surface area contributed by atoms with Crippen LogP contribution in [0.25, 0.3) is 0 Å². The molecule has 0 aromatic carbocycles. The van der Waals surface area contributed by atoms with E-state index in [0.29, 0.717) is 26.0 Å². The molecule has 6 nitrogen and oxygen atoms in total. The molecule has 7 heteroatoms. The Hall–Kier alpha value is -0.660. The first kappa shape index (κ1) is 14.4. The van der Waals surface area contributed by atoms with E-state index in [9.17, 15) is 13.2 Å². The highest BCUT2D eigenvalue weighted by molar-refractivity contribution is 7.91. The molecule has 1 fully saturated rings. The summed E-state index contributed by atoms with van der Waals surface area (Å²) in [5.41, 5.74) is 5.69. The van der Waals surface area contributed by atoms with E-state index in [0.717, 1.165) is 0 Å². The standard InChI is InChI=1S/C10H20N2O4S/c1-16-6-9(11)2-4-12-10(13)8-3-5-17(14,15)7-8/h8-9H,2-7,11H2,1H3,(H,12,13). The van der Waals surface area contributed by atoms with Gasteiger partial charge in [-0.25, -0.2) is 8.42 Å². The maximum Gasteiger partial charge on any atom is 0.224 e. The van der Waals surface area contributed by atoms with Crippen molar-refractivity contribution in [2.75, 3.05) is 31.8 Å². The average Bonchev–Trinajstić information content (AvgIpc) is 2.59. The number of hydrogen-bond donors (Lipinski definition) is 2. The SMILES string of the molecule is COCC(N)CCNC(=O)C1CCS(=O)(=O)C1. The molecule has 1 saturated heterocycles. The number of ether oxygens (including phenoxy) is 1. The summed E-state index contributed by atoms with van der Waals surface area (Å²) in [5.74, 6) is -0.480. The minimum atomic E-state index is -3.00. The molecule has 17 heavy (non-hydrogen) atoms. The van der Waals surface area contributed by atoms with Crippen LogP contribution in [-0.4, -0.2) is 52.1 Å². The van der Waals surface area contributed by atoms with Gasteiger partial charge in [0.25, 0.3) is 0 Å². The molecule has 100 valence electrons. The van der Waals surface area contributed by atoms with E-state index in [2.05, 4.69) is 5.32 Å². The molecule has 1 aliphatic heterocycles. The first-order valence-corrected chi connectivity index (χ1v) is 7.49. The monoisotopic (exact) mass is 264 g/mol. The van der Waals surface area contributed by atoms with Gasteiger partial charge in [-0.2, -0.15) is 0 Å². The van der Waals surface area contributed by atoms with Crippen LogP contribution in [0.1, 0.15) is 12.8 Å². The van der Waals surface area contributed by atoms with E-state index in [-0.39, 0.29) is 23.5 Å². The predicted octanol–water partition coefficient (Wildman–Crippen LogP) is -1.10. The lowest BCUT2D eigenvalue weighted by Crippen LogP contribution is -2.36. The summed E-state index contributed by atoms with van der Waals surface area (Å²) in [4.78, 5) is 11.6. The lowest BCUT2D eigenvalue weighted by atomic mass is 10.1. The Morgan fingerprint density at radius 2 is 2.29 bits per heavy atom. The molecule has 1 amide bonds. The Morgan fingerprint density at radius 3 is 2.82 bits per heavy atom. The van der Waals surface area contributed by atoms with Crippen LogP contribution in [0.4, 0.5) is 0 Å². The molecule has 0 spiro atoms. The van der Waals surface area contributed by atoms with Crippen LogP contribution < -0.4 is 11.1 Å². The van der Waals surface area contributed by atoms with Crippen LogP contribution >= 0.6 is 0 Å². The minimum Gasteiger partial charge on any atom is -0.383 e. The third-order valence-electron chi connectivity index (χ3n) is 2.80. The third kappa shape index (κ3) is 5.01. The summed E-state index contributed by atoms with van der Waals surface area (Å²) in [6.07, 6.45) is 1.05. The number of hydrogen-bond acceptors (Lipinski definition) is 5. The number of sulfone groups is 1.